The van der Waals surface area contributed by atoms with Gasteiger partial charge in [0.05, 0.1) is 18.5 Å². The van der Waals surface area contributed by atoms with E-state index in [0.717, 1.165) is 0 Å². The van der Waals surface area contributed by atoms with Gasteiger partial charge in [-0.25, -0.2) is 4.79 Å². The highest BCUT2D eigenvalue weighted by Crippen LogP contribution is 2.33. The molecule has 3 N–H and O–H groups in total. The number of rotatable bonds is 15. The van der Waals surface area contributed by atoms with Crippen LogP contribution in [0.3, 0.4) is 0 Å². The molecule has 1 unspecified atom stereocenters. The van der Waals surface area contributed by atoms with Crippen molar-refractivity contribution in [1.82, 2.24) is 5.32 Å². The van der Waals surface area contributed by atoms with Crippen LogP contribution in [0.5, 0.6) is 0 Å². The Morgan fingerprint density at radius 3 is 2.28 bits per heavy atom. The second-order valence-electron chi connectivity index (χ2n) is 7.32. The Labute approximate surface area is 172 Å². The Hall–Kier alpha value is -1.72. The van der Waals surface area contributed by atoms with E-state index in [9.17, 15) is 27.9 Å². The van der Waals surface area contributed by atoms with Gasteiger partial charge in [-0.05, 0) is 25.7 Å². The van der Waals surface area contributed by atoms with Crippen molar-refractivity contribution in [2.45, 2.75) is 72.0 Å². The van der Waals surface area contributed by atoms with Gasteiger partial charge in [-0.1, -0.05) is 20.8 Å². The highest BCUT2D eigenvalue weighted by atomic mass is 32.2. The summed E-state index contributed by atoms with van der Waals surface area (Å²) in [5, 5.41) is 21.6. The standard InChI is InChI=1S/C18H33NO9S/c1-5-15(21)27-11-7-6-9-14(18(3,4)16(22)17(23)24)28-29(25,26)12-8-10-19-13(2)20/h14,16,22H,5-12H2,1-4H3,(H,19,20)(H,23,24)/t14?,16-/m0/s1. The molecule has 0 aromatic rings. The summed E-state index contributed by atoms with van der Waals surface area (Å²) in [7, 11) is -4.02. The topological polar surface area (TPSA) is 156 Å². The molecular weight excluding hydrogens is 406 g/mol. The summed E-state index contributed by atoms with van der Waals surface area (Å²) in [5.41, 5.74) is -1.39. The number of carbonyl (C=O) groups excluding carboxylic acids is 2. The summed E-state index contributed by atoms with van der Waals surface area (Å²) >= 11 is 0. The van der Waals surface area contributed by atoms with E-state index in [0.29, 0.717) is 12.8 Å². The van der Waals surface area contributed by atoms with E-state index in [1.165, 1.54) is 20.8 Å². The van der Waals surface area contributed by atoms with Crippen LogP contribution in [-0.4, -0.2) is 67.6 Å². The minimum absolute atomic E-state index is 0.128. The average molecular weight is 440 g/mol. The van der Waals surface area contributed by atoms with Gasteiger partial charge in [-0.2, -0.15) is 8.42 Å². The van der Waals surface area contributed by atoms with Crippen molar-refractivity contribution in [3.05, 3.63) is 0 Å². The minimum atomic E-state index is -4.02. The number of aliphatic hydroxyl groups is 1. The van der Waals surface area contributed by atoms with Gasteiger partial charge in [0.2, 0.25) is 5.91 Å². The Bertz CT molecular complexity index is 646. The number of esters is 1. The monoisotopic (exact) mass is 439 g/mol. The van der Waals surface area contributed by atoms with Crippen molar-refractivity contribution < 1.29 is 41.9 Å². The van der Waals surface area contributed by atoms with Gasteiger partial charge in [0.25, 0.3) is 10.1 Å². The quantitative estimate of drug-likeness (QED) is 0.191. The molecule has 0 saturated heterocycles. The molecule has 1 amide bonds. The molecule has 0 aliphatic heterocycles. The maximum atomic E-state index is 12.3. The molecule has 0 heterocycles. The fourth-order valence-electron chi connectivity index (χ4n) is 2.50. The molecule has 0 spiro atoms. The zero-order valence-electron chi connectivity index (χ0n) is 17.5. The molecule has 0 saturated carbocycles. The molecule has 0 aliphatic rings. The lowest BCUT2D eigenvalue weighted by molar-refractivity contribution is -0.158. The number of carboxylic acid groups (broad SMARTS) is 1. The lowest BCUT2D eigenvalue weighted by Gasteiger charge is -2.35. The second-order valence-corrected chi connectivity index (χ2v) is 9.03. The van der Waals surface area contributed by atoms with E-state index in [2.05, 4.69) is 5.32 Å². The maximum absolute atomic E-state index is 12.3. The number of amides is 1. The SMILES string of the molecule is CCC(=O)OCCCCC(OS(=O)(=O)CCCNC(C)=O)C(C)(C)[C@@H](O)C(=O)O. The van der Waals surface area contributed by atoms with E-state index in [-0.39, 0.29) is 50.0 Å². The normalized spacial score (nSPS) is 14.1. The van der Waals surface area contributed by atoms with Crippen LogP contribution in [0.25, 0.3) is 0 Å². The lowest BCUT2D eigenvalue weighted by atomic mass is 9.78. The Morgan fingerprint density at radius 1 is 1.14 bits per heavy atom. The van der Waals surface area contributed by atoms with E-state index in [4.69, 9.17) is 14.0 Å². The van der Waals surface area contributed by atoms with E-state index in [1.807, 2.05) is 0 Å². The smallest absolute Gasteiger partial charge is 0.333 e. The van der Waals surface area contributed by atoms with Crippen LogP contribution >= 0.6 is 0 Å². The largest absolute Gasteiger partial charge is 0.479 e. The first-order valence-electron chi connectivity index (χ1n) is 9.55. The minimum Gasteiger partial charge on any atom is -0.479 e. The van der Waals surface area contributed by atoms with Crippen LogP contribution in [0, 0.1) is 5.41 Å². The van der Waals surface area contributed by atoms with Crippen LogP contribution < -0.4 is 5.32 Å². The molecule has 0 aromatic carbocycles. The van der Waals surface area contributed by atoms with Gasteiger partial charge in [-0.3, -0.25) is 13.8 Å². The summed E-state index contributed by atoms with van der Waals surface area (Å²) in [6, 6.07) is 0. The van der Waals surface area contributed by atoms with Crippen molar-refractivity contribution in [2.24, 2.45) is 5.41 Å². The molecule has 0 radical (unpaired) electrons. The van der Waals surface area contributed by atoms with Crippen molar-refractivity contribution >= 4 is 28.0 Å². The summed E-state index contributed by atoms with van der Waals surface area (Å²) in [5.74, 6) is -2.47. The molecule has 170 valence electrons. The van der Waals surface area contributed by atoms with Crippen molar-refractivity contribution in [1.29, 1.82) is 0 Å². The van der Waals surface area contributed by atoms with Crippen LogP contribution in [0.1, 0.15) is 59.8 Å². The third kappa shape index (κ3) is 11.1. The van der Waals surface area contributed by atoms with Gasteiger partial charge >= 0.3 is 11.9 Å². The maximum Gasteiger partial charge on any atom is 0.333 e. The first-order chi connectivity index (χ1) is 13.3. The van der Waals surface area contributed by atoms with Gasteiger partial charge in [-0.15, -0.1) is 0 Å². The molecule has 0 aromatic heterocycles. The molecular formula is C18H33NO9S. The zero-order valence-corrected chi connectivity index (χ0v) is 18.3. The number of carbonyl (C=O) groups is 3. The summed E-state index contributed by atoms with van der Waals surface area (Å²) in [4.78, 5) is 33.2. The number of hydrogen-bond donors (Lipinski definition) is 3. The molecule has 2 atom stereocenters. The molecule has 0 rings (SSSR count). The number of hydrogen-bond acceptors (Lipinski definition) is 8. The summed E-state index contributed by atoms with van der Waals surface area (Å²) < 4.78 is 34.8. The van der Waals surface area contributed by atoms with Crippen molar-refractivity contribution in [2.75, 3.05) is 18.9 Å². The number of ether oxygens (including phenoxy) is 1. The van der Waals surface area contributed by atoms with Crippen LogP contribution in [0.15, 0.2) is 0 Å². The van der Waals surface area contributed by atoms with Crippen molar-refractivity contribution in [3.63, 3.8) is 0 Å². The Kier molecular flexibility index (Phi) is 12.0. The van der Waals surface area contributed by atoms with Gasteiger partial charge < -0.3 is 20.3 Å². The van der Waals surface area contributed by atoms with Crippen molar-refractivity contribution in [3.8, 4) is 0 Å². The first-order valence-corrected chi connectivity index (χ1v) is 11.1. The molecule has 10 nitrogen and oxygen atoms in total. The third-order valence-electron chi connectivity index (χ3n) is 4.39. The summed E-state index contributed by atoms with van der Waals surface area (Å²) in [6.07, 6.45) is -1.57. The Balaban J connectivity index is 5.01. The molecule has 0 fully saturated rings. The predicted molar refractivity (Wildman–Crippen MR) is 104 cm³/mol. The summed E-state index contributed by atoms with van der Waals surface area (Å²) in [6.45, 7) is 6.13. The van der Waals surface area contributed by atoms with E-state index >= 15 is 0 Å². The number of unbranched alkanes of at least 4 members (excludes halogenated alkanes) is 1. The highest BCUT2D eigenvalue weighted by Gasteiger charge is 2.43. The van der Waals surface area contributed by atoms with E-state index in [1.54, 1.807) is 6.92 Å². The zero-order chi connectivity index (χ0) is 22.7. The Morgan fingerprint density at radius 2 is 1.76 bits per heavy atom. The molecule has 0 aliphatic carbocycles. The van der Waals surface area contributed by atoms with E-state index < -0.39 is 33.7 Å². The molecule has 29 heavy (non-hydrogen) atoms. The second kappa shape index (κ2) is 12.8. The third-order valence-corrected chi connectivity index (χ3v) is 5.70. The molecule has 0 bridgehead atoms. The number of aliphatic hydroxyl groups excluding tert-OH is 1. The van der Waals surface area contributed by atoms with Gasteiger partial charge in [0, 0.05) is 25.3 Å². The predicted octanol–water partition coefficient (Wildman–Crippen LogP) is 0.823. The van der Waals surface area contributed by atoms with Gasteiger partial charge in [0.1, 0.15) is 0 Å². The number of nitrogens with one attached hydrogen (secondary N) is 1. The fourth-order valence-corrected chi connectivity index (χ4v) is 3.79. The average Bonchev–Trinajstić information content (AvgIpc) is 2.62. The van der Waals surface area contributed by atoms with Gasteiger partial charge in [0.15, 0.2) is 6.10 Å². The molecule has 11 heteroatoms. The number of carboxylic acids is 1. The van der Waals surface area contributed by atoms with Crippen LogP contribution in [-0.2, 0) is 33.4 Å². The highest BCUT2D eigenvalue weighted by molar-refractivity contribution is 7.86. The number of aliphatic carboxylic acids is 1. The van der Waals surface area contributed by atoms with Crippen LogP contribution in [0.2, 0.25) is 0 Å². The first kappa shape index (κ1) is 27.3. The fraction of sp³-hybridized carbons (Fsp3) is 0.833. The lowest BCUT2D eigenvalue weighted by Crippen LogP contribution is -2.47. The van der Waals surface area contributed by atoms with Crippen LogP contribution in [0.4, 0.5) is 0 Å².